The van der Waals surface area contributed by atoms with E-state index in [1.165, 1.54) is 30.4 Å². The first kappa shape index (κ1) is 12.2. The molecule has 4 heteroatoms. The van der Waals surface area contributed by atoms with Crippen LogP contribution in [-0.2, 0) is 6.54 Å². The Bertz CT molecular complexity index is 561. The Labute approximate surface area is 119 Å². The first-order valence-corrected chi connectivity index (χ1v) is 7.52. The van der Waals surface area contributed by atoms with Crippen molar-refractivity contribution in [2.45, 2.75) is 31.8 Å². The van der Waals surface area contributed by atoms with Crippen molar-refractivity contribution in [2.75, 3.05) is 12.4 Å². The summed E-state index contributed by atoms with van der Waals surface area (Å²) >= 11 is 0. The van der Waals surface area contributed by atoms with Gasteiger partial charge < -0.3 is 16.0 Å². The maximum Gasteiger partial charge on any atom is 0.321 e. The third kappa shape index (κ3) is 1.90. The lowest BCUT2D eigenvalue weighted by Gasteiger charge is -2.28. The van der Waals surface area contributed by atoms with Crippen LogP contribution in [0.25, 0.3) is 0 Å². The molecule has 2 amide bonds. The van der Waals surface area contributed by atoms with E-state index in [0.29, 0.717) is 12.5 Å². The molecule has 1 heterocycles. The molecule has 3 unspecified atom stereocenters. The van der Waals surface area contributed by atoms with Gasteiger partial charge in [-0.15, -0.1) is 0 Å². The average molecular weight is 271 g/mol. The standard InChI is InChI=1S/C16H21N3O/c1-19-8-13-4-9(2-3-14(13)18-16(19)20)15(17)12-6-10-5-11(10)7-12/h2-4,10-12,15H,5-8,17H2,1H3,(H,18,20). The first-order valence-electron chi connectivity index (χ1n) is 7.52. The molecule has 2 fully saturated rings. The summed E-state index contributed by atoms with van der Waals surface area (Å²) in [6, 6.07) is 6.38. The van der Waals surface area contributed by atoms with Gasteiger partial charge in [-0.3, -0.25) is 0 Å². The van der Waals surface area contributed by atoms with Gasteiger partial charge in [0.1, 0.15) is 0 Å². The number of nitrogens with two attached hydrogens (primary N) is 1. The monoisotopic (exact) mass is 271 g/mol. The molecule has 20 heavy (non-hydrogen) atoms. The molecule has 3 N–H and O–H groups in total. The molecule has 2 aliphatic carbocycles. The van der Waals surface area contributed by atoms with Gasteiger partial charge in [-0.2, -0.15) is 0 Å². The highest BCUT2D eigenvalue weighted by atomic mass is 16.2. The molecule has 3 atom stereocenters. The van der Waals surface area contributed by atoms with Crippen molar-refractivity contribution in [3.63, 3.8) is 0 Å². The minimum Gasteiger partial charge on any atom is -0.324 e. The van der Waals surface area contributed by atoms with Gasteiger partial charge in [-0.25, -0.2) is 4.79 Å². The number of carbonyl (C=O) groups is 1. The second kappa shape index (κ2) is 4.22. The zero-order valence-electron chi connectivity index (χ0n) is 11.8. The highest BCUT2D eigenvalue weighted by Crippen LogP contribution is 2.56. The minimum atomic E-state index is -0.0366. The molecule has 4 rings (SSSR count). The van der Waals surface area contributed by atoms with Gasteiger partial charge in [0.15, 0.2) is 0 Å². The van der Waals surface area contributed by atoms with Crippen molar-refractivity contribution in [3.05, 3.63) is 29.3 Å². The fourth-order valence-corrected chi connectivity index (χ4v) is 3.94. The molecular weight excluding hydrogens is 250 g/mol. The Hall–Kier alpha value is -1.55. The summed E-state index contributed by atoms with van der Waals surface area (Å²) in [6.45, 7) is 0.664. The number of rotatable bonds is 2. The van der Waals surface area contributed by atoms with Crippen LogP contribution in [0, 0.1) is 17.8 Å². The van der Waals surface area contributed by atoms with Crippen LogP contribution in [0.4, 0.5) is 10.5 Å². The molecule has 106 valence electrons. The summed E-state index contributed by atoms with van der Waals surface area (Å²) < 4.78 is 0. The van der Waals surface area contributed by atoms with Gasteiger partial charge in [0.25, 0.3) is 0 Å². The molecule has 4 nitrogen and oxygen atoms in total. The van der Waals surface area contributed by atoms with Gasteiger partial charge >= 0.3 is 6.03 Å². The van der Waals surface area contributed by atoms with E-state index < -0.39 is 0 Å². The van der Waals surface area contributed by atoms with Crippen molar-refractivity contribution in [1.29, 1.82) is 0 Å². The fraction of sp³-hybridized carbons (Fsp3) is 0.562. The third-order valence-corrected chi connectivity index (χ3v) is 5.30. The molecule has 3 aliphatic rings. The zero-order valence-corrected chi connectivity index (χ0v) is 11.8. The predicted molar refractivity (Wildman–Crippen MR) is 78.2 cm³/mol. The van der Waals surface area contributed by atoms with E-state index in [9.17, 15) is 4.79 Å². The summed E-state index contributed by atoms with van der Waals surface area (Å²) in [5, 5.41) is 2.91. The van der Waals surface area contributed by atoms with Crippen LogP contribution in [0.2, 0.25) is 0 Å². The van der Waals surface area contributed by atoms with Crippen molar-refractivity contribution in [3.8, 4) is 0 Å². The molecule has 2 saturated carbocycles. The molecule has 1 aliphatic heterocycles. The molecule has 0 spiro atoms. The third-order valence-electron chi connectivity index (χ3n) is 5.30. The maximum atomic E-state index is 11.6. The Morgan fingerprint density at radius 2 is 2.05 bits per heavy atom. The van der Waals surface area contributed by atoms with E-state index in [-0.39, 0.29) is 12.1 Å². The number of anilines is 1. The number of hydrogen-bond acceptors (Lipinski definition) is 2. The molecule has 1 aromatic carbocycles. The molecule has 0 bridgehead atoms. The van der Waals surface area contributed by atoms with E-state index in [1.807, 2.05) is 13.1 Å². The lowest BCUT2D eigenvalue weighted by atomic mass is 9.88. The molecule has 0 saturated heterocycles. The Balaban J connectivity index is 1.57. The van der Waals surface area contributed by atoms with Gasteiger partial charge in [0, 0.05) is 25.3 Å². The quantitative estimate of drug-likeness (QED) is 0.869. The van der Waals surface area contributed by atoms with Gasteiger partial charge in [0.2, 0.25) is 0 Å². The highest BCUT2D eigenvalue weighted by Gasteiger charge is 2.47. The van der Waals surface area contributed by atoms with E-state index in [1.54, 1.807) is 4.90 Å². The largest absolute Gasteiger partial charge is 0.324 e. The number of amides is 2. The normalized spacial score (nSPS) is 32.4. The van der Waals surface area contributed by atoms with E-state index in [2.05, 4.69) is 17.4 Å². The molecule has 1 aromatic rings. The zero-order chi connectivity index (χ0) is 13.9. The summed E-state index contributed by atoms with van der Waals surface area (Å²) in [5.41, 5.74) is 9.80. The second-order valence-corrected chi connectivity index (χ2v) is 6.72. The Morgan fingerprint density at radius 3 is 2.80 bits per heavy atom. The second-order valence-electron chi connectivity index (χ2n) is 6.72. The number of hydrogen-bond donors (Lipinski definition) is 2. The number of carbonyl (C=O) groups excluding carboxylic acids is 1. The average Bonchev–Trinajstić information content (AvgIpc) is 3.05. The number of benzene rings is 1. The van der Waals surface area contributed by atoms with E-state index in [4.69, 9.17) is 5.73 Å². The number of nitrogens with zero attached hydrogens (tertiary/aromatic N) is 1. The van der Waals surface area contributed by atoms with Crippen LogP contribution in [-0.4, -0.2) is 18.0 Å². The number of fused-ring (bicyclic) bond motifs is 2. The smallest absolute Gasteiger partial charge is 0.321 e. The SMILES string of the molecule is CN1Cc2cc(C(N)C3CC4CC4C3)ccc2NC1=O. The Kier molecular flexibility index (Phi) is 2.58. The predicted octanol–water partition coefficient (Wildman–Crippen LogP) is 2.71. The van der Waals surface area contributed by atoms with Crippen molar-refractivity contribution in [2.24, 2.45) is 23.5 Å². The van der Waals surface area contributed by atoms with Crippen LogP contribution in [0.5, 0.6) is 0 Å². The fourth-order valence-electron chi connectivity index (χ4n) is 3.94. The lowest BCUT2D eigenvalue weighted by Crippen LogP contribution is -2.35. The molecular formula is C16H21N3O. The summed E-state index contributed by atoms with van der Waals surface area (Å²) in [5.74, 6) is 2.58. The lowest BCUT2D eigenvalue weighted by molar-refractivity contribution is 0.218. The Morgan fingerprint density at radius 1 is 1.30 bits per heavy atom. The van der Waals surface area contributed by atoms with Crippen molar-refractivity contribution >= 4 is 11.7 Å². The van der Waals surface area contributed by atoms with Crippen LogP contribution >= 0.6 is 0 Å². The molecule has 0 aromatic heterocycles. The van der Waals surface area contributed by atoms with E-state index in [0.717, 1.165) is 17.5 Å². The van der Waals surface area contributed by atoms with Gasteiger partial charge in [-0.1, -0.05) is 12.1 Å². The summed E-state index contributed by atoms with van der Waals surface area (Å²) in [6.07, 6.45) is 4.04. The molecule has 0 radical (unpaired) electrons. The highest BCUT2D eigenvalue weighted by molar-refractivity contribution is 5.92. The van der Waals surface area contributed by atoms with E-state index >= 15 is 0 Å². The first-order chi connectivity index (χ1) is 9.61. The summed E-state index contributed by atoms with van der Waals surface area (Å²) in [7, 11) is 1.81. The number of nitrogens with one attached hydrogen (secondary N) is 1. The van der Waals surface area contributed by atoms with Crippen molar-refractivity contribution < 1.29 is 4.79 Å². The van der Waals surface area contributed by atoms with Crippen LogP contribution < -0.4 is 11.1 Å². The van der Waals surface area contributed by atoms with Crippen molar-refractivity contribution in [1.82, 2.24) is 4.90 Å². The number of urea groups is 1. The van der Waals surface area contributed by atoms with Gasteiger partial charge in [-0.05, 0) is 54.2 Å². The topological polar surface area (TPSA) is 58.4 Å². The maximum absolute atomic E-state index is 11.6. The van der Waals surface area contributed by atoms with Crippen LogP contribution in [0.3, 0.4) is 0 Å². The van der Waals surface area contributed by atoms with Crippen LogP contribution in [0.1, 0.15) is 36.4 Å². The summed E-state index contributed by atoms with van der Waals surface area (Å²) in [4.78, 5) is 13.3. The van der Waals surface area contributed by atoms with Crippen LogP contribution in [0.15, 0.2) is 18.2 Å². The van der Waals surface area contributed by atoms with Gasteiger partial charge in [0.05, 0.1) is 0 Å². The minimum absolute atomic E-state index is 0.0366.